The number of carbonyl (C=O) groups excluding carboxylic acids is 1. The quantitative estimate of drug-likeness (QED) is 0.813. The highest BCUT2D eigenvalue weighted by molar-refractivity contribution is 5.89. The summed E-state index contributed by atoms with van der Waals surface area (Å²) in [4.78, 5) is 18.8. The van der Waals surface area contributed by atoms with Crippen LogP contribution in [0.2, 0.25) is 0 Å². The van der Waals surface area contributed by atoms with Gasteiger partial charge in [-0.15, -0.1) is 0 Å². The molecule has 1 aliphatic heterocycles. The molecule has 2 aromatic rings. The number of esters is 1. The van der Waals surface area contributed by atoms with Crippen LogP contribution < -0.4 is 0 Å². The molecule has 0 bridgehead atoms. The van der Waals surface area contributed by atoms with Crippen molar-refractivity contribution in [3.05, 3.63) is 35.8 Å². The van der Waals surface area contributed by atoms with Crippen molar-refractivity contribution in [1.29, 1.82) is 0 Å². The molecule has 5 heteroatoms. The SMILES string of the molecule is CCN1CCC(c2cn3cc(C(=O)OC)ccc3n2)CC1. The number of methoxy groups -OCH3 is 1. The maximum Gasteiger partial charge on any atom is 0.339 e. The lowest BCUT2D eigenvalue weighted by Gasteiger charge is -2.30. The molecule has 2 aromatic heterocycles. The number of aromatic nitrogens is 2. The predicted octanol–water partition coefficient (Wildman–Crippen LogP) is 2.32. The van der Waals surface area contributed by atoms with Gasteiger partial charge in [0, 0.05) is 18.3 Å². The van der Waals surface area contributed by atoms with E-state index in [-0.39, 0.29) is 5.97 Å². The van der Waals surface area contributed by atoms with E-state index in [4.69, 9.17) is 9.72 Å². The summed E-state index contributed by atoms with van der Waals surface area (Å²) in [5, 5.41) is 0. The Morgan fingerprint density at radius 1 is 1.33 bits per heavy atom. The number of ether oxygens (including phenoxy) is 1. The van der Waals surface area contributed by atoms with Gasteiger partial charge in [-0.05, 0) is 44.6 Å². The minimum atomic E-state index is -0.316. The van der Waals surface area contributed by atoms with Gasteiger partial charge in [0.15, 0.2) is 0 Å². The summed E-state index contributed by atoms with van der Waals surface area (Å²) in [6.07, 6.45) is 6.15. The van der Waals surface area contributed by atoms with E-state index in [1.807, 2.05) is 16.7 Å². The van der Waals surface area contributed by atoms with Crippen molar-refractivity contribution in [2.24, 2.45) is 0 Å². The number of likely N-dealkylation sites (tertiary alicyclic amines) is 1. The molecule has 112 valence electrons. The van der Waals surface area contributed by atoms with E-state index in [1.54, 1.807) is 12.3 Å². The zero-order valence-corrected chi connectivity index (χ0v) is 12.6. The van der Waals surface area contributed by atoms with E-state index in [1.165, 1.54) is 7.11 Å². The molecule has 0 aliphatic carbocycles. The topological polar surface area (TPSA) is 46.8 Å². The molecule has 5 nitrogen and oxygen atoms in total. The fourth-order valence-electron chi connectivity index (χ4n) is 2.99. The van der Waals surface area contributed by atoms with Crippen molar-refractivity contribution in [2.45, 2.75) is 25.7 Å². The van der Waals surface area contributed by atoms with E-state index >= 15 is 0 Å². The second-order valence-corrected chi connectivity index (χ2v) is 5.55. The largest absolute Gasteiger partial charge is 0.465 e. The van der Waals surface area contributed by atoms with Gasteiger partial charge in [0.1, 0.15) is 5.65 Å². The second kappa shape index (κ2) is 5.85. The van der Waals surface area contributed by atoms with Gasteiger partial charge in [0.25, 0.3) is 0 Å². The van der Waals surface area contributed by atoms with Crippen molar-refractivity contribution in [2.75, 3.05) is 26.7 Å². The Balaban J connectivity index is 1.83. The molecule has 0 unspecified atom stereocenters. The van der Waals surface area contributed by atoms with Gasteiger partial charge in [0.2, 0.25) is 0 Å². The Labute approximate surface area is 124 Å². The molecule has 0 radical (unpaired) electrons. The van der Waals surface area contributed by atoms with Crippen LogP contribution in [0.3, 0.4) is 0 Å². The first-order chi connectivity index (χ1) is 10.2. The van der Waals surface area contributed by atoms with Crippen molar-refractivity contribution in [3.8, 4) is 0 Å². The minimum absolute atomic E-state index is 0.316. The molecular formula is C16H21N3O2. The lowest BCUT2D eigenvalue weighted by Crippen LogP contribution is -2.32. The minimum Gasteiger partial charge on any atom is -0.465 e. The van der Waals surface area contributed by atoms with Crippen LogP contribution >= 0.6 is 0 Å². The number of hydrogen-bond donors (Lipinski definition) is 0. The molecule has 3 heterocycles. The van der Waals surface area contributed by atoms with Gasteiger partial charge < -0.3 is 14.0 Å². The van der Waals surface area contributed by atoms with Gasteiger partial charge in [-0.25, -0.2) is 9.78 Å². The summed E-state index contributed by atoms with van der Waals surface area (Å²) < 4.78 is 6.68. The number of carbonyl (C=O) groups is 1. The van der Waals surface area contributed by atoms with Gasteiger partial charge in [-0.2, -0.15) is 0 Å². The van der Waals surface area contributed by atoms with Crippen LogP contribution in [0.1, 0.15) is 41.7 Å². The highest BCUT2D eigenvalue weighted by atomic mass is 16.5. The average molecular weight is 287 g/mol. The summed E-state index contributed by atoms with van der Waals surface area (Å²) in [5.41, 5.74) is 2.57. The molecule has 1 fully saturated rings. The number of pyridine rings is 1. The lowest BCUT2D eigenvalue weighted by atomic mass is 9.94. The molecule has 0 N–H and O–H groups in total. The van der Waals surface area contributed by atoms with Gasteiger partial charge >= 0.3 is 5.97 Å². The third-order valence-electron chi connectivity index (χ3n) is 4.34. The van der Waals surface area contributed by atoms with Crippen LogP contribution in [0, 0.1) is 0 Å². The van der Waals surface area contributed by atoms with E-state index in [9.17, 15) is 4.79 Å². The Morgan fingerprint density at radius 3 is 2.76 bits per heavy atom. The monoisotopic (exact) mass is 287 g/mol. The van der Waals surface area contributed by atoms with Crippen molar-refractivity contribution < 1.29 is 9.53 Å². The normalized spacial score (nSPS) is 17.2. The van der Waals surface area contributed by atoms with Crippen molar-refractivity contribution >= 4 is 11.6 Å². The zero-order chi connectivity index (χ0) is 14.8. The molecule has 0 aromatic carbocycles. The van der Waals surface area contributed by atoms with Crippen molar-refractivity contribution in [3.63, 3.8) is 0 Å². The molecule has 3 rings (SSSR count). The second-order valence-electron chi connectivity index (χ2n) is 5.55. The Hall–Kier alpha value is -1.88. The van der Waals surface area contributed by atoms with Crippen LogP contribution in [0.4, 0.5) is 0 Å². The molecule has 1 saturated heterocycles. The summed E-state index contributed by atoms with van der Waals surface area (Å²) in [7, 11) is 1.40. The number of hydrogen-bond acceptors (Lipinski definition) is 4. The van der Waals surface area contributed by atoms with Crippen LogP contribution in [0.15, 0.2) is 24.5 Å². The highest BCUT2D eigenvalue weighted by Crippen LogP contribution is 2.27. The summed E-state index contributed by atoms with van der Waals surface area (Å²) in [5.74, 6) is 0.206. The number of fused-ring (bicyclic) bond motifs is 1. The van der Waals surface area contributed by atoms with Gasteiger partial charge in [-0.1, -0.05) is 6.92 Å². The summed E-state index contributed by atoms with van der Waals surface area (Å²) in [6, 6.07) is 3.63. The summed E-state index contributed by atoms with van der Waals surface area (Å²) in [6.45, 7) is 5.62. The standard InChI is InChI=1S/C16H21N3O2/c1-3-18-8-6-12(7-9-18)14-11-19-10-13(16(20)21-2)4-5-15(19)17-14/h4-5,10-12H,3,6-9H2,1-2H3. The zero-order valence-electron chi connectivity index (χ0n) is 12.6. The fourth-order valence-corrected chi connectivity index (χ4v) is 2.99. The third kappa shape index (κ3) is 2.78. The molecule has 0 saturated carbocycles. The Kier molecular flexibility index (Phi) is 3.92. The van der Waals surface area contributed by atoms with E-state index < -0.39 is 0 Å². The number of piperidine rings is 1. The molecule has 0 atom stereocenters. The third-order valence-corrected chi connectivity index (χ3v) is 4.34. The van der Waals surface area contributed by atoms with Gasteiger partial charge in [0.05, 0.1) is 18.4 Å². The Morgan fingerprint density at radius 2 is 2.10 bits per heavy atom. The molecule has 1 aliphatic rings. The smallest absolute Gasteiger partial charge is 0.339 e. The molecule has 0 spiro atoms. The van der Waals surface area contributed by atoms with E-state index in [0.29, 0.717) is 11.5 Å². The predicted molar refractivity (Wildman–Crippen MR) is 80.6 cm³/mol. The number of rotatable bonds is 3. The van der Waals surface area contributed by atoms with E-state index in [2.05, 4.69) is 11.8 Å². The maximum atomic E-state index is 11.6. The van der Waals surface area contributed by atoms with Crippen LogP contribution in [0.5, 0.6) is 0 Å². The first-order valence-electron chi connectivity index (χ1n) is 7.50. The van der Waals surface area contributed by atoms with Gasteiger partial charge in [-0.3, -0.25) is 0 Å². The van der Waals surface area contributed by atoms with E-state index in [0.717, 1.165) is 43.8 Å². The first-order valence-corrected chi connectivity index (χ1v) is 7.50. The van der Waals surface area contributed by atoms with Crippen LogP contribution in [-0.4, -0.2) is 47.0 Å². The Bertz CT molecular complexity index is 642. The van der Waals surface area contributed by atoms with Crippen LogP contribution in [-0.2, 0) is 4.74 Å². The van der Waals surface area contributed by atoms with Crippen LogP contribution in [0.25, 0.3) is 5.65 Å². The molecule has 0 amide bonds. The highest BCUT2D eigenvalue weighted by Gasteiger charge is 2.22. The lowest BCUT2D eigenvalue weighted by molar-refractivity contribution is 0.0600. The fraction of sp³-hybridized carbons (Fsp3) is 0.500. The first kappa shape index (κ1) is 14.1. The number of imidazole rings is 1. The summed E-state index contributed by atoms with van der Waals surface area (Å²) >= 11 is 0. The van der Waals surface area contributed by atoms with Crippen molar-refractivity contribution in [1.82, 2.24) is 14.3 Å². The average Bonchev–Trinajstić information content (AvgIpc) is 2.97. The molecule has 21 heavy (non-hydrogen) atoms. The molecular weight excluding hydrogens is 266 g/mol. The number of nitrogens with zero attached hydrogens (tertiary/aromatic N) is 3. The maximum absolute atomic E-state index is 11.6.